The van der Waals surface area contributed by atoms with Crippen LogP contribution in [0, 0.1) is 0 Å². The first-order valence-electron chi connectivity index (χ1n) is 6.96. The van der Waals surface area contributed by atoms with Crippen LogP contribution in [0.5, 0.6) is 0 Å². The van der Waals surface area contributed by atoms with Crippen LogP contribution < -0.4 is 0 Å². The van der Waals surface area contributed by atoms with Gasteiger partial charge in [-0.05, 0) is 11.6 Å². The summed E-state index contributed by atoms with van der Waals surface area (Å²) in [6.07, 6.45) is 0.357. The number of hydrogen-bond acceptors (Lipinski definition) is 1. The predicted octanol–water partition coefficient (Wildman–Crippen LogP) is 4.66. The van der Waals surface area contributed by atoms with Crippen LogP contribution in [0.3, 0.4) is 0 Å². The normalized spacial score (nSPS) is 11.0. The second kappa shape index (κ2) is 5.74. The standard InChI is InChI=1S/C18H16ClNO/c1-20-15-10-6-5-9-14(15)17(16(21)11-12-19)18(20)13-7-3-2-4-8-13/h2-10H,11-12H2,1H3. The van der Waals surface area contributed by atoms with Crippen LogP contribution in [0.1, 0.15) is 16.8 Å². The summed E-state index contributed by atoms with van der Waals surface area (Å²) in [4.78, 5) is 12.6. The third-order valence-electron chi connectivity index (χ3n) is 3.75. The molecule has 2 nitrogen and oxygen atoms in total. The summed E-state index contributed by atoms with van der Waals surface area (Å²) in [5, 5.41) is 0.994. The molecular weight excluding hydrogens is 282 g/mol. The van der Waals surface area contributed by atoms with Crippen molar-refractivity contribution in [2.24, 2.45) is 7.05 Å². The minimum atomic E-state index is 0.0978. The molecule has 0 aliphatic rings. The molecule has 0 atom stereocenters. The number of benzene rings is 2. The number of carbonyl (C=O) groups excluding carboxylic acids is 1. The first-order chi connectivity index (χ1) is 10.2. The van der Waals surface area contributed by atoms with Crippen molar-refractivity contribution in [2.45, 2.75) is 6.42 Å². The lowest BCUT2D eigenvalue weighted by Gasteiger charge is -2.07. The van der Waals surface area contributed by atoms with Gasteiger partial charge in [0, 0.05) is 30.3 Å². The zero-order valence-corrected chi connectivity index (χ0v) is 12.6. The maximum atomic E-state index is 12.6. The molecule has 0 unspecified atom stereocenters. The van der Waals surface area contributed by atoms with E-state index < -0.39 is 0 Å². The van der Waals surface area contributed by atoms with E-state index in [1.165, 1.54) is 0 Å². The molecule has 0 saturated carbocycles. The minimum absolute atomic E-state index is 0.0978. The number of alkyl halides is 1. The smallest absolute Gasteiger partial charge is 0.166 e. The lowest BCUT2D eigenvalue weighted by Crippen LogP contribution is -2.02. The van der Waals surface area contributed by atoms with Crippen LogP contribution in [0.2, 0.25) is 0 Å². The molecule has 2 aromatic carbocycles. The van der Waals surface area contributed by atoms with Crippen LogP contribution in [0.4, 0.5) is 0 Å². The second-order valence-corrected chi connectivity index (χ2v) is 5.41. The number of halogens is 1. The molecule has 0 aliphatic carbocycles. The largest absolute Gasteiger partial charge is 0.343 e. The summed E-state index contributed by atoms with van der Waals surface area (Å²) in [7, 11) is 2.00. The van der Waals surface area contributed by atoms with Gasteiger partial charge < -0.3 is 4.57 Å². The number of carbonyl (C=O) groups is 1. The van der Waals surface area contributed by atoms with E-state index in [-0.39, 0.29) is 5.78 Å². The summed E-state index contributed by atoms with van der Waals surface area (Å²) < 4.78 is 2.09. The van der Waals surface area contributed by atoms with Gasteiger partial charge in [-0.2, -0.15) is 0 Å². The molecule has 0 spiro atoms. The van der Waals surface area contributed by atoms with Gasteiger partial charge in [0.25, 0.3) is 0 Å². The molecule has 0 saturated heterocycles. The van der Waals surface area contributed by atoms with Gasteiger partial charge >= 0.3 is 0 Å². The maximum Gasteiger partial charge on any atom is 0.166 e. The molecule has 21 heavy (non-hydrogen) atoms. The average molecular weight is 298 g/mol. The highest BCUT2D eigenvalue weighted by Crippen LogP contribution is 2.33. The van der Waals surface area contributed by atoms with Gasteiger partial charge in [-0.1, -0.05) is 48.5 Å². The predicted molar refractivity (Wildman–Crippen MR) is 88.0 cm³/mol. The molecule has 0 aliphatic heterocycles. The van der Waals surface area contributed by atoms with E-state index in [0.29, 0.717) is 12.3 Å². The van der Waals surface area contributed by atoms with Gasteiger partial charge in [0.15, 0.2) is 5.78 Å². The van der Waals surface area contributed by atoms with Crippen molar-refractivity contribution in [2.75, 3.05) is 5.88 Å². The van der Waals surface area contributed by atoms with Crippen molar-refractivity contribution in [3.63, 3.8) is 0 Å². The Bertz CT molecular complexity index is 790. The SMILES string of the molecule is Cn1c(-c2ccccc2)c(C(=O)CCCl)c2ccccc21. The summed E-state index contributed by atoms with van der Waals surface area (Å²) in [6, 6.07) is 18.0. The number of para-hydroxylation sites is 1. The molecular formula is C18H16ClNO. The molecule has 1 aromatic heterocycles. The van der Waals surface area contributed by atoms with Crippen LogP contribution in [-0.4, -0.2) is 16.2 Å². The highest BCUT2D eigenvalue weighted by molar-refractivity contribution is 6.21. The Hall–Kier alpha value is -2.06. The van der Waals surface area contributed by atoms with E-state index in [9.17, 15) is 4.79 Å². The Morgan fingerprint density at radius 3 is 2.43 bits per heavy atom. The van der Waals surface area contributed by atoms with E-state index in [0.717, 1.165) is 27.7 Å². The van der Waals surface area contributed by atoms with Crippen molar-refractivity contribution in [1.29, 1.82) is 0 Å². The van der Waals surface area contributed by atoms with Gasteiger partial charge in [-0.15, -0.1) is 11.6 Å². The van der Waals surface area contributed by atoms with E-state index in [1.807, 2.05) is 61.6 Å². The fraction of sp³-hybridized carbons (Fsp3) is 0.167. The zero-order valence-electron chi connectivity index (χ0n) is 11.8. The van der Waals surface area contributed by atoms with Crippen LogP contribution in [0.25, 0.3) is 22.2 Å². The number of fused-ring (bicyclic) bond motifs is 1. The van der Waals surface area contributed by atoms with Crippen LogP contribution >= 0.6 is 11.6 Å². The first-order valence-corrected chi connectivity index (χ1v) is 7.49. The third kappa shape index (κ3) is 2.36. The van der Waals surface area contributed by atoms with E-state index >= 15 is 0 Å². The highest BCUT2D eigenvalue weighted by atomic mass is 35.5. The number of ketones is 1. The van der Waals surface area contributed by atoms with Crippen LogP contribution in [0.15, 0.2) is 54.6 Å². The summed E-state index contributed by atoms with van der Waals surface area (Å²) in [5.74, 6) is 0.441. The monoisotopic (exact) mass is 297 g/mol. The number of nitrogens with zero attached hydrogens (tertiary/aromatic N) is 1. The lowest BCUT2D eigenvalue weighted by atomic mass is 10.0. The molecule has 0 radical (unpaired) electrons. The van der Waals surface area contributed by atoms with Gasteiger partial charge in [-0.3, -0.25) is 4.79 Å². The Labute approximate surface area is 129 Å². The fourth-order valence-electron chi connectivity index (χ4n) is 2.82. The van der Waals surface area contributed by atoms with Gasteiger partial charge in [0.1, 0.15) is 0 Å². The Morgan fingerprint density at radius 2 is 1.71 bits per heavy atom. The van der Waals surface area contributed by atoms with Crippen molar-refractivity contribution >= 4 is 28.3 Å². The number of rotatable bonds is 4. The Kier molecular flexibility index (Phi) is 3.80. The van der Waals surface area contributed by atoms with Crippen molar-refractivity contribution in [1.82, 2.24) is 4.57 Å². The third-order valence-corrected chi connectivity index (χ3v) is 3.94. The van der Waals surface area contributed by atoms with E-state index in [1.54, 1.807) is 0 Å². The van der Waals surface area contributed by atoms with Gasteiger partial charge in [0.05, 0.1) is 11.3 Å². The van der Waals surface area contributed by atoms with E-state index in [4.69, 9.17) is 11.6 Å². The molecule has 0 amide bonds. The average Bonchev–Trinajstić information content (AvgIpc) is 2.82. The Morgan fingerprint density at radius 1 is 1.05 bits per heavy atom. The molecule has 106 valence electrons. The molecule has 0 bridgehead atoms. The summed E-state index contributed by atoms with van der Waals surface area (Å²) in [6.45, 7) is 0. The molecule has 3 heteroatoms. The molecule has 0 N–H and O–H groups in total. The van der Waals surface area contributed by atoms with Crippen molar-refractivity contribution in [3.8, 4) is 11.3 Å². The molecule has 3 aromatic rings. The highest BCUT2D eigenvalue weighted by Gasteiger charge is 2.21. The van der Waals surface area contributed by atoms with Crippen molar-refractivity contribution < 1.29 is 4.79 Å². The van der Waals surface area contributed by atoms with Gasteiger partial charge in [-0.25, -0.2) is 0 Å². The first kappa shape index (κ1) is 13.9. The van der Waals surface area contributed by atoms with E-state index in [2.05, 4.69) is 4.57 Å². The second-order valence-electron chi connectivity index (χ2n) is 5.03. The summed E-state index contributed by atoms with van der Waals surface area (Å²) >= 11 is 5.77. The number of hydrogen-bond donors (Lipinski definition) is 0. The van der Waals surface area contributed by atoms with Crippen molar-refractivity contribution in [3.05, 3.63) is 60.2 Å². The van der Waals surface area contributed by atoms with Crippen LogP contribution in [-0.2, 0) is 7.05 Å². The lowest BCUT2D eigenvalue weighted by molar-refractivity contribution is 0.0991. The number of Topliss-reactive ketones (excluding diaryl/α,β-unsaturated/α-hetero) is 1. The minimum Gasteiger partial charge on any atom is -0.343 e. The molecule has 3 rings (SSSR count). The number of aryl methyl sites for hydroxylation is 1. The summed E-state index contributed by atoms with van der Waals surface area (Å²) in [5.41, 5.74) is 3.86. The van der Waals surface area contributed by atoms with Gasteiger partial charge in [0.2, 0.25) is 0 Å². The number of aromatic nitrogens is 1. The zero-order chi connectivity index (χ0) is 14.8. The molecule has 0 fully saturated rings. The topological polar surface area (TPSA) is 22.0 Å². The maximum absolute atomic E-state index is 12.6. The fourth-order valence-corrected chi connectivity index (χ4v) is 2.99. The Balaban J connectivity index is 2.34. The molecule has 1 heterocycles. The quantitative estimate of drug-likeness (QED) is 0.507.